The van der Waals surface area contributed by atoms with Crippen LogP contribution in [0.2, 0.25) is 0 Å². The number of rotatable bonds is 11. The minimum absolute atomic E-state index is 0.194. The number of primary sulfonamides is 1. The van der Waals surface area contributed by atoms with Crippen molar-refractivity contribution in [3.8, 4) is 0 Å². The summed E-state index contributed by atoms with van der Waals surface area (Å²) >= 11 is 0. The Morgan fingerprint density at radius 2 is 0.750 bits per heavy atom. The topological polar surface area (TPSA) is 73.1 Å². The highest BCUT2D eigenvalue weighted by molar-refractivity contribution is 7.89. The van der Waals surface area contributed by atoms with Gasteiger partial charge in [-0.05, 0) is 107 Å². The van der Waals surface area contributed by atoms with E-state index in [4.69, 9.17) is 5.14 Å². The van der Waals surface area contributed by atoms with Crippen LogP contribution in [0.25, 0.3) is 11.1 Å². The maximum Gasteiger partial charge on any atom is 0.238 e. The molecule has 2 N–H and O–H groups in total. The Morgan fingerprint density at radius 3 is 0.962 bits per heavy atom. The molecule has 0 bridgehead atoms. The van der Waals surface area contributed by atoms with Gasteiger partial charge in [0.1, 0.15) is 0 Å². The van der Waals surface area contributed by atoms with Gasteiger partial charge >= 0.3 is 0 Å². The van der Waals surface area contributed by atoms with Gasteiger partial charge in [0.2, 0.25) is 10.0 Å². The second-order valence-electron chi connectivity index (χ2n) is 13.5. The van der Waals surface area contributed by atoms with E-state index in [0.717, 1.165) is 6.42 Å². The number of allylic oxidation sites excluding steroid dienone is 2. The quantitative estimate of drug-likeness (QED) is 0.148. The molecule has 7 nitrogen and oxygen atoms in total. The lowest BCUT2D eigenvalue weighted by atomic mass is 9.94. The fraction of sp³-hybridized carbons (Fsp3) is 0.227. The maximum atomic E-state index is 10.8. The lowest BCUT2D eigenvalue weighted by Crippen LogP contribution is -2.13. The first-order valence-electron chi connectivity index (χ1n) is 17.3. The highest BCUT2D eigenvalue weighted by Crippen LogP contribution is 2.31. The number of nitrogens with two attached hydrogens (primary N) is 1. The predicted octanol–water partition coefficient (Wildman–Crippen LogP) is 8.55. The third-order valence-electron chi connectivity index (χ3n) is 8.82. The summed E-state index contributed by atoms with van der Waals surface area (Å²) in [4.78, 5) is 8.74. The van der Waals surface area contributed by atoms with Gasteiger partial charge in [-0.15, -0.1) is 0 Å². The maximum absolute atomic E-state index is 10.8. The SMILES string of the molecule is CN(C)c1ccc(C(=CCC=C(c2ccc(N(C)C)cc2)c2ccc(N(C)C)cc2)c2ccc(N(C)C)cc2)cc1.Cc1ccccc1S(N)(=O)=O. The molecule has 0 saturated heterocycles. The molecule has 52 heavy (non-hydrogen) atoms. The van der Waals surface area contributed by atoms with E-state index < -0.39 is 10.0 Å². The number of aryl methyl sites for hydroxylation is 1. The number of hydrogen-bond acceptors (Lipinski definition) is 6. The van der Waals surface area contributed by atoms with E-state index in [1.165, 1.54) is 62.2 Å². The van der Waals surface area contributed by atoms with Crippen molar-refractivity contribution in [1.82, 2.24) is 0 Å². The van der Waals surface area contributed by atoms with Crippen molar-refractivity contribution in [1.29, 1.82) is 0 Å². The first kappa shape index (κ1) is 39.5. The fourth-order valence-electron chi connectivity index (χ4n) is 5.73. The van der Waals surface area contributed by atoms with E-state index in [-0.39, 0.29) is 4.90 Å². The lowest BCUT2D eigenvalue weighted by molar-refractivity contribution is 0.597. The van der Waals surface area contributed by atoms with E-state index in [2.05, 4.69) is 185 Å². The summed E-state index contributed by atoms with van der Waals surface area (Å²) in [5.41, 5.74) is 12.8. The van der Waals surface area contributed by atoms with Gasteiger partial charge in [0.25, 0.3) is 0 Å². The van der Waals surface area contributed by atoms with Crippen LogP contribution >= 0.6 is 0 Å². The summed E-state index contributed by atoms with van der Waals surface area (Å²) < 4.78 is 21.7. The number of sulfonamides is 1. The third-order valence-corrected chi connectivity index (χ3v) is 9.89. The molecule has 0 unspecified atom stereocenters. The zero-order chi connectivity index (χ0) is 38.0. The Morgan fingerprint density at radius 1 is 0.481 bits per heavy atom. The normalized spacial score (nSPS) is 10.7. The molecule has 5 aromatic rings. The molecule has 0 aliphatic carbocycles. The first-order chi connectivity index (χ1) is 24.6. The molecule has 0 amide bonds. The van der Waals surface area contributed by atoms with Crippen LogP contribution in [0.1, 0.15) is 34.2 Å². The van der Waals surface area contributed by atoms with E-state index in [1.54, 1.807) is 25.1 Å². The summed E-state index contributed by atoms with van der Waals surface area (Å²) in [6.07, 6.45) is 5.52. The van der Waals surface area contributed by atoms with Crippen LogP contribution in [0.4, 0.5) is 22.7 Å². The van der Waals surface area contributed by atoms with Gasteiger partial charge in [-0.25, -0.2) is 13.6 Å². The minimum atomic E-state index is -3.53. The highest BCUT2D eigenvalue weighted by atomic mass is 32.2. The second kappa shape index (κ2) is 17.8. The van der Waals surface area contributed by atoms with Crippen molar-refractivity contribution in [3.63, 3.8) is 0 Å². The van der Waals surface area contributed by atoms with Gasteiger partial charge in [0, 0.05) is 79.1 Å². The first-order valence-corrected chi connectivity index (χ1v) is 18.8. The minimum Gasteiger partial charge on any atom is -0.378 e. The molecule has 0 fully saturated rings. The van der Waals surface area contributed by atoms with Crippen LogP contribution in [-0.4, -0.2) is 64.8 Å². The van der Waals surface area contributed by atoms with Crippen LogP contribution in [0.5, 0.6) is 0 Å². The monoisotopic (exact) mass is 715 g/mol. The Labute approximate surface area is 312 Å². The predicted molar refractivity (Wildman–Crippen MR) is 224 cm³/mol. The van der Waals surface area contributed by atoms with Crippen molar-refractivity contribution in [2.24, 2.45) is 5.14 Å². The molecule has 0 aliphatic heterocycles. The summed E-state index contributed by atoms with van der Waals surface area (Å²) in [6, 6.07) is 42.0. The molecule has 0 spiro atoms. The van der Waals surface area contributed by atoms with Gasteiger partial charge in [0.15, 0.2) is 0 Å². The van der Waals surface area contributed by atoms with Gasteiger partial charge in [-0.3, -0.25) is 0 Å². The molecule has 8 heteroatoms. The Balaban J connectivity index is 0.000000470. The van der Waals surface area contributed by atoms with Crippen molar-refractivity contribution in [3.05, 3.63) is 161 Å². The molecule has 272 valence electrons. The molecule has 0 heterocycles. The molecule has 0 aliphatic rings. The van der Waals surface area contributed by atoms with Crippen LogP contribution in [0.3, 0.4) is 0 Å². The molecule has 0 atom stereocenters. The number of anilines is 4. The standard InChI is InChI=1S/C37H44N4.C7H9NO2S/c1-38(2)32-20-12-28(13-21-32)36(29-14-22-33(23-15-29)39(3)4)10-9-11-37(30-16-24-34(25-17-30)40(5)6)31-18-26-35(27-19-31)41(7)8;1-6-4-2-3-5-7(6)11(8,9)10/h10-27H,9H2,1-8H3;2-5H,1H3,(H2,8,9,10). The van der Waals surface area contributed by atoms with Gasteiger partial charge in [0.05, 0.1) is 4.90 Å². The van der Waals surface area contributed by atoms with Gasteiger partial charge in [-0.1, -0.05) is 78.9 Å². The van der Waals surface area contributed by atoms with Crippen molar-refractivity contribution < 1.29 is 8.42 Å². The van der Waals surface area contributed by atoms with Crippen LogP contribution in [0.15, 0.2) is 138 Å². The molecule has 0 radical (unpaired) electrons. The molecule has 5 rings (SSSR count). The Hall–Kier alpha value is -5.31. The smallest absolute Gasteiger partial charge is 0.238 e. The molecular formula is C44H53N5O2S. The largest absolute Gasteiger partial charge is 0.378 e. The lowest BCUT2D eigenvalue weighted by Gasteiger charge is -2.17. The summed E-state index contributed by atoms with van der Waals surface area (Å²) in [6.45, 7) is 1.71. The van der Waals surface area contributed by atoms with E-state index in [0.29, 0.717) is 5.56 Å². The Kier molecular flexibility index (Phi) is 13.5. The van der Waals surface area contributed by atoms with Crippen LogP contribution in [0, 0.1) is 6.92 Å². The molecular weight excluding hydrogens is 663 g/mol. The zero-order valence-corrected chi connectivity index (χ0v) is 32.8. The number of hydrogen-bond donors (Lipinski definition) is 1. The summed E-state index contributed by atoms with van der Waals surface area (Å²) in [5.74, 6) is 0. The number of benzene rings is 5. The fourth-order valence-corrected chi connectivity index (χ4v) is 6.52. The Bertz CT molecular complexity index is 1840. The van der Waals surface area contributed by atoms with E-state index in [9.17, 15) is 8.42 Å². The van der Waals surface area contributed by atoms with Crippen LogP contribution in [-0.2, 0) is 10.0 Å². The average Bonchev–Trinajstić information content (AvgIpc) is 3.12. The molecule has 5 aromatic carbocycles. The third kappa shape index (κ3) is 10.6. The van der Waals surface area contributed by atoms with Crippen molar-refractivity contribution in [2.45, 2.75) is 18.2 Å². The molecule has 0 aromatic heterocycles. The van der Waals surface area contributed by atoms with Crippen molar-refractivity contribution >= 4 is 43.9 Å². The second-order valence-corrected chi connectivity index (χ2v) is 15.1. The van der Waals surface area contributed by atoms with Gasteiger partial charge < -0.3 is 19.6 Å². The highest BCUT2D eigenvalue weighted by Gasteiger charge is 2.11. The van der Waals surface area contributed by atoms with Crippen LogP contribution < -0.4 is 24.7 Å². The number of nitrogens with zero attached hydrogens (tertiary/aromatic N) is 4. The van der Waals surface area contributed by atoms with E-state index in [1.807, 2.05) is 0 Å². The van der Waals surface area contributed by atoms with Crippen molar-refractivity contribution in [2.75, 3.05) is 76.0 Å². The van der Waals surface area contributed by atoms with Gasteiger partial charge in [-0.2, -0.15) is 0 Å². The molecule has 0 saturated carbocycles. The zero-order valence-electron chi connectivity index (χ0n) is 32.0. The van der Waals surface area contributed by atoms with E-state index >= 15 is 0 Å². The summed E-state index contributed by atoms with van der Waals surface area (Å²) in [7, 11) is 13.1. The average molecular weight is 716 g/mol. The summed E-state index contributed by atoms with van der Waals surface area (Å²) in [5, 5.41) is 4.93.